The Hall–Kier alpha value is -1.06. The molecule has 21 heavy (non-hydrogen) atoms. The number of rotatable bonds is 6. The van der Waals surface area contributed by atoms with E-state index >= 15 is 0 Å². The van der Waals surface area contributed by atoms with E-state index in [9.17, 15) is 0 Å². The second kappa shape index (κ2) is 7.28. The Balaban J connectivity index is 1.44. The van der Waals surface area contributed by atoms with Gasteiger partial charge in [0.2, 0.25) is 0 Å². The van der Waals surface area contributed by atoms with Gasteiger partial charge in [-0.15, -0.1) is 0 Å². The van der Waals surface area contributed by atoms with Crippen LogP contribution < -0.4 is 10.1 Å². The SMILES string of the molecule is COc1ccc2c(c1)C(NCCOC1CCCCC1)CC2. The summed E-state index contributed by atoms with van der Waals surface area (Å²) >= 11 is 0. The van der Waals surface area contributed by atoms with Crippen LogP contribution in [0.15, 0.2) is 18.2 Å². The smallest absolute Gasteiger partial charge is 0.119 e. The first-order valence-corrected chi connectivity index (χ1v) is 8.38. The van der Waals surface area contributed by atoms with Crippen LogP contribution in [0, 0.1) is 0 Å². The molecule has 1 atom stereocenters. The molecule has 2 aliphatic rings. The van der Waals surface area contributed by atoms with Gasteiger partial charge in [0.1, 0.15) is 5.75 Å². The van der Waals surface area contributed by atoms with Gasteiger partial charge in [-0.25, -0.2) is 0 Å². The highest BCUT2D eigenvalue weighted by molar-refractivity contribution is 5.40. The van der Waals surface area contributed by atoms with Gasteiger partial charge in [0.05, 0.1) is 19.8 Å². The molecule has 0 radical (unpaired) electrons. The van der Waals surface area contributed by atoms with Crippen LogP contribution in [0.25, 0.3) is 0 Å². The van der Waals surface area contributed by atoms with Crippen molar-refractivity contribution in [3.8, 4) is 5.75 Å². The lowest BCUT2D eigenvalue weighted by atomic mass is 9.98. The maximum Gasteiger partial charge on any atom is 0.119 e. The Kier molecular flexibility index (Phi) is 5.15. The van der Waals surface area contributed by atoms with Crippen LogP contribution >= 0.6 is 0 Å². The zero-order chi connectivity index (χ0) is 14.5. The summed E-state index contributed by atoms with van der Waals surface area (Å²) in [5, 5.41) is 3.65. The summed E-state index contributed by atoms with van der Waals surface area (Å²) in [7, 11) is 1.73. The van der Waals surface area contributed by atoms with E-state index in [1.165, 1.54) is 56.1 Å². The fraction of sp³-hybridized carbons (Fsp3) is 0.667. The molecule has 3 rings (SSSR count). The zero-order valence-electron chi connectivity index (χ0n) is 13.1. The third kappa shape index (κ3) is 3.78. The molecule has 1 N–H and O–H groups in total. The number of nitrogens with one attached hydrogen (secondary N) is 1. The fourth-order valence-corrected chi connectivity index (χ4v) is 3.61. The Labute approximate surface area is 128 Å². The first-order valence-electron chi connectivity index (χ1n) is 8.38. The summed E-state index contributed by atoms with van der Waals surface area (Å²) in [6.07, 6.45) is 9.44. The van der Waals surface area contributed by atoms with Crippen LogP contribution in [0.4, 0.5) is 0 Å². The van der Waals surface area contributed by atoms with Crippen molar-refractivity contribution in [2.24, 2.45) is 0 Å². The third-order valence-corrected chi connectivity index (χ3v) is 4.83. The fourth-order valence-electron chi connectivity index (χ4n) is 3.61. The van der Waals surface area contributed by atoms with Crippen molar-refractivity contribution in [2.75, 3.05) is 20.3 Å². The molecule has 1 aromatic rings. The van der Waals surface area contributed by atoms with Crippen LogP contribution in [0.2, 0.25) is 0 Å². The molecule has 0 heterocycles. The highest BCUT2D eigenvalue weighted by Gasteiger charge is 2.22. The van der Waals surface area contributed by atoms with E-state index in [0.29, 0.717) is 12.1 Å². The minimum atomic E-state index is 0.463. The summed E-state index contributed by atoms with van der Waals surface area (Å²) in [4.78, 5) is 0. The molecule has 3 nitrogen and oxygen atoms in total. The van der Waals surface area contributed by atoms with Gasteiger partial charge in [0.25, 0.3) is 0 Å². The molecular formula is C18H27NO2. The molecule has 1 fully saturated rings. The topological polar surface area (TPSA) is 30.5 Å². The largest absolute Gasteiger partial charge is 0.497 e. The van der Waals surface area contributed by atoms with Crippen LogP contribution in [-0.4, -0.2) is 26.4 Å². The number of fused-ring (bicyclic) bond motifs is 1. The summed E-state index contributed by atoms with van der Waals surface area (Å²) in [6.45, 7) is 1.78. The maximum absolute atomic E-state index is 5.99. The summed E-state index contributed by atoms with van der Waals surface area (Å²) < 4.78 is 11.3. The second-order valence-corrected chi connectivity index (χ2v) is 6.24. The van der Waals surface area contributed by atoms with Crippen molar-refractivity contribution < 1.29 is 9.47 Å². The molecule has 0 aliphatic heterocycles. The van der Waals surface area contributed by atoms with Crippen molar-refractivity contribution in [3.63, 3.8) is 0 Å². The Morgan fingerprint density at radius 1 is 1.14 bits per heavy atom. The molecule has 1 unspecified atom stereocenters. The van der Waals surface area contributed by atoms with Crippen molar-refractivity contribution in [1.29, 1.82) is 0 Å². The molecule has 1 aromatic carbocycles. The molecule has 0 aromatic heterocycles. The summed E-state index contributed by atoms with van der Waals surface area (Å²) in [5.74, 6) is 0.959. The molecule has 1 saturated carbocycles. The monoisotopic (exact) mass is 289 g/mol. The lowest BCUT2D eigenvalue weighted by Crippen LogP contribution is -2.26. The molecule has 0 spiro atoms. The lowest BCUT2D eigenvalue weighted by Gasteiger charge is -2.22. The van der Waals surface area contributed by atoms with E-state index in [0.717, 1.165) is 18.9 Å². The number of ether oxygens (including phenoxy) is 2. The van der Waals surface area contributed by atoms with Gasteiger partial charge in [-0.1, -0.05) is 25.3 Å². The number of hydrogen-bond donors (Lipinski definition) is 1. The molecule has 0 saturated heterocycles. The van der Waals surface area contributed by atoms with Gasteiger partial charge in [0, 0.05) is 12.6 Å². The molecule has 0 bridgehead atoms. The van der Waals surface area contributed by atoms with E-state index in [1.54, 1.807) is 7.11 Å². The van der Waals surface area contributed by atoms with Gasteiger partial charge in [0.15, 0.2) is 0 Å². The lowest BCUT2D eigenvalue weighted by molar-refractivity contribution is 0.0294. The predicted molar refractivity (Wildman–Crippen MR) is 84.9 cm³/mol. The van der Waals surface area contributed by atoms with E-state index < -0.39 is 0 Å². The third-order valence-electron chi connectivity index (χ3n) is 4.83. The number of benzene rings is 1. The molecule has 116 valence electrons. The molecular weight excluding hydrogens is 262 g/mol. The van der Waals surface area contributed by atoms with Gasteiger partial charge in [-0.2, -0.15) is 0 Å². The zero-order valence-corrected chi connectivity index (χ0v) is 13.1. The maximum atomic E-state index is 5.99. The van der Waals surface area contributed by atoms with Crippen LogP contribution in [-0.2, 0) is 11.2 Å². The van der Waals surface area contributed by atoms with Crippen molar-refractivity contribution >= 4 is 0 Å². The summed E-state index contributed by atoms with van der Waals surface area (Å²) in [5.41, 5.74) is 2.87. The van der Waals surface area contributed by atoms with Crippen molar-refractivity contribution in [1.82, 2.24) is 5.32 Å². The van der Waals surface area contributed by atoms with Crippen molar-refractivity contribution in [2.45, 2.75) is 57.1 Å². The summed E-state index contributed by atoms with van der Waals surface area (Å²) in [6, 6.07) is 6.91. The van der Waals surface area contributed by atoms with E-state index in [2.05, 4.69) is 23.5 Å². The normalized spacial score (nSPS) is 22.2. The average Bonchev–Trinajstić information content (AvgIpc) is 2.95. The number of aryl methyl sites for hydroxylation is 1. The van der Waals surface area contributed by atoms with Crippen molar-refractivity contribution in [3.05, 3.63) is 29.3 Å². The van der Waals surface area contributed by atoms with E-state index in [4.69, 9.17) is 9.47 Å². The van der Waals surface area contributed by atoms with Gasteiger partial charge < -0.3 is 14.8 Å². The Bertz CT molecular complexity index is 455. The van der Waals surface area contributed by atoms with Gasteiger partial charge in [-0.3, -0.25) is 0 Å². The molecule has 3 heteroatoms. The first-order chi connectivity index (χ1) is 10.4. The van der Waals surface area contributed by atoms with Gasteiger partial charge >= 0.3 is 0 Å². The average molecular weight is 289 g/mol. The highest BCUT2D eigenvalue weighted by atomic mass is 16.5. The van der Waals surface area contributed by atoms with Crippen LogP contribution in [0.1, 0.15) is 55.7 Å². The second-order valence-electron chi connectivity index (χ2n) is 6.24. The molecule has 0 amide bonds. The minimum Gasteiger partial charge on any atom is -0.497 e. The van der Waals surface area contributed by atoms with Crippen LogP contribution in [0.5, 0.6) is 5.75 Å². The van der Waals surface area contributed by atoms with Gasteiger partial charge in [-0.05, 0) is 48.9 Å². The minimum absolute atomic E-state index is 0.463. The Morgan fingerprint density at radius 2 is 2.00 bits per heavy atom. The number of hydrogen-bond acceptors (Lipinski definition) is 3. The Morgan fingerprint density at radius 3 is 2.81 bits per heavy atom. The van der Waals surface area contributed by atoms with E-state index in [-0.39, 0.29) is 0 Å². The first kappa shape index (κ1) is 14.9. The van der Waals surface area contributed by atoms with E-state index in [1.807, 2.05) is 0 Å². The quantitative estimate of drug-likeness (QED) is 0.811. The van der Waals surface area contributed by atoms with Crippen LogP contribution in [0.3, 0.4) is 0 Å². The number of methoxy groups -OCH3 is 1. The standard InChI is InChI=1S/C18H27NO2/c1-20-16-9-7-14-8-10-18(17(14)13-16)19-11-12-21-15-5-3-2-4-6-15/h7,9,13,15,18-19H,2-6,8,10-12H2,1H3. The predicted octanol–water partition coefficient (Wildman–Crippen LogP) is 3.62. The molecule has 2 aliphatic carbocycles. The highest BCUT2D eigenvalue weighted by Crippen LogP contribution is 2.33.